The summed E-state index contributed by atoms with van der Waals surface area (Å²) in [5.74, 6) is -0.899. The van der Waals surface area contributed by atoms with Crippen LogP contribution in [0.15, 0.2) is 42.6 Å². The van der Waals surface area contributed by atoms with Crippen molar-refractivity contribution >= 4 is 17.4 Å². The van der Waals surface area contributed by atoms with Gasteiger partial charge in [0.05, 0.1) is 0 Å². The van der Waals surface area contributed by atoms with Gasteiger partial charge in [-0.05, 0) is 42.7 Å². The second-order valence-corrected chi connectivity index (χ2v) is 6.00. The van der Waals surface area contributed by atoms with Gasteiger partial charge in [-0.1, -0.05) is 12.1 Å². The molecule has 0 aliphatic rings. The average molecular weight is 382 g/mol. The van der Waals surface area contributed by atoms with Crippen LogP contribution in [-0.2, 0) is 22.2 Å². The highest BCUT2D eigenvalue weighted by Crippen LogP contribution is 2.28. The van der Waals surface area contributed by atoms with Crippen molar-refractivity contribution in [3.63, 3.8) is 0 Å². The fraction of sp³-hybridized carbons (Fsp3) is 0.316. The third-order valence-electron chi connectivity index (χ3n) is 3.78. The van der Waals surface area contributed by atoms with Crippen molar-refractivity contribution in [2.75, 3.05) is 5.32 Å². The highest BCUT2D eigenvalue weighted by Gasteiger charge is 2.32. The normalized spacial score (nSPS) is 11.3. The van der Waals surface area contributed by atoms with E-state index in [4.69, 9.17) is 0 Å². The lowest BCUT2D eigenvalue weighted by atomic mass is 10.0. The first-order chi connectivity index (χ1) is 12.7. The molecule has 1 aromatic heterocycles. The average Bonchev–Trinajstić information content (AvgIpc) is 2.59. The maximum absolute atomic E-state index is 13.1. The molecule has 27 heavy (non-hydrogen) atoms. The van der Waals surface area contributed by atoms with Gasteiger partial charge in [-0.3, -0.25) is 14.6 Å². The number of carbonyl (C=O) groups excluding carboxylic acids is 2. The zero-order valence-electron chi connectivity index (χ0n) is 14.4. The molecule has 0 spiro atoms. The number of hydrogen-bond acceptors (Lipinski definition) is 3. The highest BCUT2D eigenvalue weighted by atomic mass is 19.4. The largest absolute Gasteiger partial charge is 0.433 e. The first kappa shape index (κ1) is 20.5. The zero-order valence-corrected chi connectivity index (χ0v) is 14.4. The van der Waals surface area contributed by atoms with Crippen LogP contribution in [0, 0.1) is 5.82 Å². The minimum Gasteiger partial charge on any atom is -0.326 e. The number of nitrogens with one attached hydrogen (secondary N) is 1. The molecule has 0 atom stereocenters. The molecule has 0 aliphatic heterocycles. The van der Waals surface area contributed by atoms with E-state index in [2.05, 4.69) is 10.3 Å². The lowest BCUT2D eigenvalue weighted by molar-refractivity contribution is -0.141. The predicted octanol–water partition coefficient (Wildman–Crippen LogP) is 4.55. The minimum absolute atomic E-state index is 0.000226. The molecule has 0 aliphatic carbocycles. The van der Waals surface area contributed by atoms with E-state index in [1.165, 1.54) is 18.2 Å². The van der Waals surface area contributed by atoms with Gasteiger partial charge in [0.15, 0.2) is 0 Å². The van der Waals surface area contributed by atoms with E-state index in [0.29, 0.717) is 6.42 Å². The summed E-state index contributed by atoms with van der Waals surface area (Å²) < 4.78 is 50.8. The number of hydrogen-bond donors (Lipinski definition) is 1. The number of ketones is 1. The molecule has 1 N–H and O–H groups in total. The third-order valence-corrected chi connectivity index (χ3v) is 3.78. The van der Waals surface area contributed by atoms with Crippen LogP contribution in [-0.4, -0.2) is 16.7 Å². The van der Waals surface area contributed by atoms with E-state index in [-0.39, 0.29) is 43.0 Å². The molecular weight excluding hydrogens is 364 g/mol. The third kappa shape index (κ3) is 7.16. The van der Waals surface area contributed by atoms with Crippen LogP contribution in [0.5, 0.6) is 0 Å². The fourth-order valence-electron chi connectivity index (χ4n) is 2.43. The smallest absolute Gasteiger partial charge is 0.326 e. The van der Waals surface area contributed by atoms with Crippen LogP contribution in [0.25, 0.3) is 0 Å². The molecule has 0 saturated heterocycles. The van der Waals surface area contributed by atoms with E-state index in [0.717, 1.165) is 17.8 Å². The Hall–Kier alpha value is -2.77. The molecule has 0 fully saturated rings. The van der Waals surface area contributed by atoms with E-state index < -0.39 is 17.8 Å². The quantitative estimate of drug-likeness (QED) is 0.682. The Labute approximate surface area is 153 Å². The van der Waals surface area contributed by atoms with E-state index in [9.17, 15) is 27.2 Å². The first-order valence-corrected chi connectivity index (χ1v) is 8.33. The molecular formula is C19H18F4N2O2. The van der Waals surface area contributed by atoms with Gasteiger partial charge in [0.2, 0.25) is 5.91 Å². The molecule has 2 aromatic rings. The number of Topliss-reactive ketones (excluding diaryl/α,β-unsaturated/α-hetero) is 1. The van der Waals surface area contributed by atoms with Gasteiger partial charge in [-0.2, -0.15) is 13.2 Å². The van der Waals surface area contributed by atoms with Gasteiger partial charge in [-0.15, -0.1) is 0 Å². The molecule has 1 aromatic carbocycles. The van der Waals surface area contributed by atoms with Crippen molar-refractivity contribution in [1.29, 1.82) is 0 Å². The number of anilines is 1. The highest BCUT2D eigenvalue weighted by molar-refractivity contribution is 5.91. The molecule has 1 heterocycles. The Bertz CT molecular complexity index is 806. The monoisotopic (exact) mass is 382 g/mol. The maximum Gasteiger partial charge on any atom is 0.433 e. The van der Waals surface area contributed by atoms with Gasteiger partial charge in [-0.25, -0.2) is 4.39 Å². The van der Waals surface area contributed by atoms with Crippen LogP contribution >= 0.6 is 0 Å². The number of amides is 1. The lowest BCUT2D eigenvalue weighted by Crippen LogP contribution is -2.14. The Kier molecular flexibility index (Phi) is 7.04. The minimum atomic E-state index is -4.59. The number of rotatable bonds is 8. The number of pyridine rings is 1. The predicted molar refractivity (Wildman–Crippen MR) is 91.4 cm³/mol. The first-order valence-electron chi connectivity index (χ1n) is 8.33. The van der Waals surface area contributed by atoms with Crippen LogP contribution in [0.1, 0.15) is 36.9 Å². The Balaban J connectivity index is 1.72. The Morgan fingerprint density at radius 2 is 1.81 bits per heavy atom. The Morgan fingerprint density at radius 1 is 1.04 bits per heavy atom. The second kappa shape index (κ2) is 9.25. The fourth-order valence-corrected chi connectivity index (χ4v) is 2.43. The summed E-state index contributed by atoms with van der Waals surface area (Å²) in [6.07, 6.45) is -2.50. The molecule has 8 heteroatoms. The summed E-state index contributed by atoms with van der Waals surface area (Å²) in [6.45, 7) is 0. The van der Waals surface area contributed by atoms with Crippen molar-refractivity contribution in [3.8, 4) is 0 Å². The van der Waals surface area contributed by atoms with Crippen LogP contribution in [0.4, 0.5) is 23.2 Å². The number of halogens is 4. The van der Waals surface area contributed by atoms with E-state index >= 15 is 0 Å². The topological polar surface area (TPSA) is 59.1 Å². The molecule has 2 rings (SSSR count). The maximum atomic E-state index is 13.1. The number of alkyl halides is 3. The molecule has 144 valence electrons. The van der Waals surface area contributed by atoms with E-state index in [1.807, 2.05) is 0 Å². The van der Waals surface area contributed by atoms with Crippen LogP contribution in [0.2, 0.25) is 0 Å². The van der Waals surface area contributed by atoms with Gasteiger partial charge >= 0.3 is 6.18 Å². The van der Waals surface area contributed by atoms with Crippen molar-refractivity contribution in [2.45, 2.75) is 38.3 Å². The molecule has 0 saturated carbocycles. The summed E-state index contributed by atoms with van der Waals surface area (Å²) in [5, 5.41) is 2.36. The lowest BCUT2D eigenvalue weighted by Gasteiger charge is -2.09. The van der Waals surface area contributed by atoms with Crippen molar-refractivity contribution in [2.24, 2.45) is 0 Å². The number of nitrogens with zero attached hydrogens (tertiary/aromatic N) is 1. The number of aryl methyl sites for hydroxylation is 1. The SMILES string of the molecule is O=C(CCCC(=O)Nc1ccnc(C(F)(F)F)c1)CCc1cccc(F)c1. The van der Waals surface area contributed by atoms with Gasteiger partial charge in [0.25, 0.3) is 0 Å². The van der Waals surface area contributed by atoms with Gasteiger partial charge < -0.3 is 5.32 Å². The second-order valence-electron chi connectivity index (χ2n) is 6.00. The number of carbonyl (C=O) groups is 2. The van der Waals surface area contributed by atoms with Crippen molar-refractivity contribution in [3.05, 3.63) is 59.7 Å². The van der Waals surface area contributed by atoms with Gasteiger partial charge in [0.1, 0.15) is 17.3 Å². The zero-order chi connectivity index (χ0) is 19.9. The summed E-state index contributed by atoms with van der Waals surface area (Å²) in [6, 6.07) is 8.00. The molecule has 1 amide bonds. The molecule has 0 radical (unpaired) electrons. The summed E-state index contributed by atoms with van der Waals surface area (Å²) >= 11 is 0. The van der Waals surface area contributed by atoms with Gasteiger partial charge in [0, 0.05) is 31.1 Å². The Morgan fingerprint density at radius 3 is 2.52 bits per heavy atom. The molecule has 0 bridgehead atoms. The van der Waals surface area contributed by atoms with Crippen LogP contribution in [0.3, 0.4) is 0 Å². The summed E-state index contributed by atoms with van der Waals surface area (Å²) in [5.41, 5.74) is -0.369. The number of benzene rings is 1. The summed E-state index contributed by atoms with van der Waals surface area (Å²) in [7, 11) is 0. The van der Waals surface area contributed by atoms with Crippen molar-refractivity contribution in [1.82, 2.24) is 4.98 Å². The number of aromatic nitrogens is 1. The van der Waals surface area contributed by atoms with Crippen LogP contribution < -0.4 is 5.32 Å². The summed E-state index contributed by atoms with van der Waals surface area (Å²) in [4.78, 5) is 26.9. The molecule has 4 nitrogen and oxygen atoms in total. The van der Waals surface area contributed by atoms with Crippen molar-refractivity contribution < 1.29 is 27.2 Å². The standard InChI is InChI=1S/C19H18F4N2O2/c20-14-4-1-3-13(11-14)7-8-16(26)5-2-6-18(27)25-15-9-10-24-17(12-15)19(21,22)23/h1,3-4,9-12H,2,5-8H2,(H,24,25,27). The molecule has 0 unspecified atom stereocenters. The van der Waals surface area contributed by atoms with E-state index in [1.54, 1.807) is 12.1 Å².